The van der Waals surface area contributed by atoms with Crippen LogP contribution in [0.25, 0.3) is 5.78 Å². The summed E-state index contributed by atoms with van der Waals surface area (Å²) in [6.45, 7) is 0.967. The summed E-state index contributed by atoms with van der Waals surface area (Å²) in [5.41, 5.74) is -0.0855. The van der Waals surface area contributed by atoms with E-state index >= 15 is 0 Å². The van der Waals surface area contributed by atoms with Crippen LogP contribution in [0, 0.1) is 5.92 Å². The van der Waals surface area contributed by atoms with Crippen molar-refractivity contribution < 1.29 is 22.6 Å². The molecule has 0 spiro atoms. The van der Waals surface area contributed by atoms with Crippen LogP contribution in [0.15, 0.2) is 30.6 Å². The fourth-order valence-corrected chi connectivity index (χ4v) is 3.38. The number of ether oxygens (including phenoxy) is 2. The number of anilines is 1. The van der Waals surface area contributed by atoms with E-state index in [0.717, 1.165) is 24.5 Å². The first-order valence-corrected chi connectivity index (χ1v) is 8.93. The molecular weight excluding hydrogens is 375 g/mol. The van der Waals surface area contributed by atoms with Crippen LogP contribution in [-0.2, 0) is 6.18 Å². The molecule has 2 aliphatic rings. The maximum atomic E-state index is 13.2. The van der Waals surface area contributed by atoms with Gasteiger partial charge >= 0.3 is 6.18 Å². The summed E-state index contributed by atoms with van der Waals surface area (Å²) in [6.07, 6.45) is -1.41. The Bertz CT molecular complexity index is 1030. The highest BCUT2D eigenvalue weighted by Gasteiger charge is 2.36. The van der Waals surface area contributed by atoms with Gasteiger partial charge in [0.05, 0.1) is 6.04 Å². The van der Waals surface area contributed by atoms with Crippen LogP contribution in [-0.4, -0.2) is 32.8 Å². The third-order valence-corrected chi connectivity index (χ3v) is 4.86. The molecule has 1 atom stereocenters. The minimum atomic E-state index is -4.57. The van der Waals surface area contributed by atoms with Gasteiger partial charge in [0, 0.05) is 6.07 Å². The van der Waals surface area contributed by atoms with Gasteiger partial charge in [0.15, 0.2) is 17.2 Å². The summed E-state index contributed by atoms with van der Waals surface area (Å²) in [6, 6.07) is 6.41. The van der Waals surface area contributed by atoms with Crippen LogP contribution < -0.4 is 14.8 Å². The number of benzene rings is 1. The van der Waals surface area contributed by atoms with E-state index in [2.05, 4.69) is 20.4 Å². The van der Waals surface area contributed by atoms with Gasteiger partial charge in [-0.25, -0.2) is 4.98 Å². The largest absolute Gasteiger partial charge is 0.486 e. The summed E-state index contributed by atoms with van der Waals surface area (Å²) >= 11 is 0. The van der Waals surface area contributed by atoms with Gasteiger partial charge in [-0.3, -0.25) is 0 Å². The molecule has 2 aromatic heterocycles. The Kier molecular flexibility index (Phi) is 3.81. The van der Waals surface area contributed by atoms with Gasteiger partial charge in [0.2, 0.25) is 0 Å². The Balaban J connectivity index is 1.54. The number of nitrogens with one attached hydrogen (secondary N) is 1. The summed E-state index contributed by atoms with van der Waals surface area (Å²) in [5, 5.41) is 7.24. The smallest absolute Gasteiger partial charge is 0.433 e. The monoisotopic (exact) mass is 391 g/mol. The maximum Gasteiger partial charge on any atom is 0.433 e. The second-order valence-electron chi connectivity index (χ2n) is 6.86. The lowest BCUT2D eigenvalue weighted by Gasteiger charge is -2.24. The average molecular weight is 391 g/mol. The van der Waals surface area contributed by atoms with Gasteiger partial charge in [-0.05, 0) is 36.5 Å². The van der Waals surface area contributed by atoms with Gasteiger partial charge < -0.3 is 14.8 Å². The van der Waals surface area contributed by atoms with Gasteiger partial charge in [-0.15, -0.1) is 0 Å². The normalized spacial score (nSPS) is 17.5. The minimum absolute atomic E-state index is 0.103. The predicted octanol–water partition coefficient (Wildman–Crippen LogP) is 3.48. The standard InChI is InChI=1S/C18H16F3N5O2/c19-18(20,21)14-8-15(26-17(24-14)22-9-23-26)25-16(10-1-2-10)11-3-4-12-13(7-11)28-6-5-27-12/h3-4,7-10,16,25H,1-2,5-6H2. The fourth-order valence-electron chi connectivity index (χ4n) is 3.38. The highest BCUT2D eigenvalue weighted by Crippen LogP contribution is 2.45. The minimum Gasteiger partial charge on any atom is -0.486 e. The SMILES string of the molecule is FC(F)(F)c1cc(NC(c2ccc3c(c2)OCCO3)C2CC2)n2ncnc2n1. The van der Waals surface area contributed by atoms with Crippen molar-refractivity contribution in [3.8, 4) is 11.5 Å². The first kappa shape index (κ1) is 17.1. The molecular formula is C18H16F3N5O2. The van der Waals surface area contributed by atoms with E-state index in [1.165, 1.54) is 10.8 Å². The van der Waals surface area contributed by atoms with Crippen LogP contribution in [0.3, 0.4) is 0 Å². The number of halogens is 3. The molecule has 5 rings (SSSR count). The second kappa shape index (κ2) is 6.25. The van der Waals surface area contributed by atoms with Crippen molar-refractivity contribution in [3.05, 3.63) is 41.9 Å². The molecule has 1 aliphatic heterocycles. The molecule has 0 bridgehead atoms. The van der Waals surface area contributed by atoms with Crippen LogP contribution in [0.1, 0.15) is 30.1 Å². The molecule has 7 nitrogen and oxygen atoms in total. The highest BCUT2D eigenvalue weighted by atomic mass is 19.4. The Morgan fingerprint density at radius 3 is 2.64 bits per heavy atom. The van der Waals surface area contributed by atoms with Gasteiger partial charge in [0.25, 0.3) is 5.78 Å². The first-order valence-electron chi connectivity index (χ1n) is 8.93. The van der Waals surface area contributed by atoms with Crippen molar-refractivity contribution in [3.63, 3.8) is 0 Å². The predicted molar refractivity (Wildman–Crippen MR) is 92.3 cm³/mol. The third kappa shape index (κ3) is 3.08. The zero-order valence-electron chi connectivity index (χ0n) is 14.6. The lowest BCUT2D eigenvalue weighted by molar-refractivity contribution is -0.141. The van der Waals surface area contributed by atoms with E-state index in [4.69, 9.17) is 9.47 Å². The van der Waals surface area contributed by atoms with E-state index in [1.807, 2.05) is 18.2 Å². The van der Waals surface area contributed by atoms with E-state index in [9.17, 15) is 13.2 Å². The lowest BCUT2D eigenvalue weighted by Crippen LogP contribution is -2.19. The summed E-state index contributed by atoms with van der Waals surface area (Å²) in [5.74, 6) is 1.72. The summed E-state index contributed by atoms with van der Waals surface area (Å²) in [7, 11) is 0. The Hall–Kier alpha value is -3.04. The summed E-state index contributed by atoms with van der Waals surface area (Å²) in [4.78, 5) is 7.37. The fraction of sp³-hybridized carbons (Fsp3) is 0.389. The number of fused-ring (bicyclic) bond motifs is 2. The number of hydrogen-bond donors (Lipinski definition) is 1. The van der Waals surface area contributed by atoms with Crippen molar-refractivity contribution in [1.29, 1.82) is 0 Å². The van der Waals surface area contributed by atoms with Crippen LogP contribution in [0.4, 0.5) is 19.0 Å². The van der Waals surface area contributed by atoms with Gasteiger partial charge in [0.1, 0.15) is 25.4 Å². The molecule has 28 heavy (non-hydrogen) atoms. The second-order valence-corrected chi connectivity index (χ2v) is 6.86. The summed E-state index contributed by atoms with van der Waals surface area (Å²) < 4.78 is 52.2. The quantitative estimate of drug-likeness (QED) is 0.734. The van der Waals surface area contributed by atoms with Crippen molar-refractivity contribution in [2.75, 3.05) is 18.5 Å². The van der Waals surface area contributed by atoms with Gasteiger partial charge in [-0.2, -0.15) is 27.8 Å². The molecule has 0 radical (unpaired) electrons. The van der Waals surface area contributed by atoms with E-state index in [-0.39, 0.29) is 17.6 Å². The Labute approximate surface area is 157 Å². The molecule has 0 saturated heterocycles. The molecule has 0 amide bonds. The molecule has 1 aliphatic carbocycles. The molecule has 10 heteroatoms. The zero-order chi connectivity index (χ0) is 19.3. The molecule has 3 aromatic rings. The van der Waals surface area contributed by atoms with Crippen molar-refractivity contribution >= 4 is 11.6 Å². The van der Waals surface area contributed by atoms with Crippen LogP contribution >= 0.6 is 0 Å². The topological polar surface area (TPSA) is 73.6 Å². The Morgan fingerprint density at radius 2 is 1.89 bits per heavy atom. The molecule has 1 N–H and O–H groups in total. The molecule has 1 unspecified atom stereocenters. The first-order chi connectivity index (χ1) is 13.5. The molecule has 146 valence electrons. The molecule has 1 fully saturated rings. The number of alkyl halides is 3. The zero-order valence-corrected chi connectivity index (χ0v) is 14.6. The Morgan fingerprint density at radius 1 is 1.11 bits per heavy atom. The number of rotatable bonds is 4. The number of aromatic nitrogens is 4. The maximum absolute atomic E-state index is 13.2. The van der Waals surface area contributed by atoms with Crippen LogP contribution in [0.5, 0.6) is 11.5 Å². The van der Waals surface area contributed by atoms with Gasteiger partial charge in [-0.1, -0.05) is 6.07 Å². The van der Waals surface area contributed by atoms with Crippen LogP contribution in [0.2, 0.25) is 0 Å². The van der Waals surface area contributed by atoms with E-state index in [0.29, 0.717) is 30.6 Å². The molecule has 1 saturated carbocycles. The van der Waals surface area contributed by atoms with Crippen molar-refractivity contribution in [1.82, 2.24) is 19.6 Å². The van der Waals surface area contributed by atoms with Crippen molar-refractivity contribution in [2.24, 2.45) is 5.92 Å². The lowest BCUT2D eigenvalue weighted by atomic mass is 10.0. The number of nitrogens with zero attached hydrogens (tertiary/aromatic N) is 4. The highest BCUT2D eigenvalue weighted by molar-refractivity contribution is 5.50. The number of hydrogen-bond acceptors (Lipinski definition) is 6. The average Bonchev–Trinajstić information content (AvgIpc) is 3.40. The molecule has 1 aromatic carbocycles. The van der Waals surface area contributed by atoms with Crippen molar-refractivity contribution in [2.45, 2.75) is 25.1 Å². The third-order valence-electron chi connectivity index (χ3n) is 4.86. The molecule has 3 heterocycles. The van der Waals surface area contributed by atoms with E-state index in [1.54, 1.807) is 0 Å². The van der Waals surface area contributed by atoms with E-state index < -0.39 is 11.9 Å².